The topological polar surface area (TPSA) is 70.4 Å². The first kappa shape index (κ1) is 18.9. The van der Waals surface area contributed by atoms with E-state index in [2.05, 4.69) is 5.10 Å². The third-order valence-corrected chi connectivity index (χ3v) is 4.95. The number of hydrogen-bond acceptors (Lipinski definition) is 5. The maximum atomic E-state index is 12.6. The molecule has 6 heteroatoms. The van der Waals surface area contributed by atoms with Crippen LogP contribution in [-0.4, -0.2) is 34.7 Å². The van der Waals surface area contributed by atoms with Crippen molar-refractivity contribution in [1.29, 1.82) is 0 Å². The zero-order chi connectivity index (χ0) is 20.2. The molecule has 0 spiro atoms. The highest BCUT2D eigenvalue weighted by atomic mass is 16.5. The number of carbonyl (C=O) groups excluding carboxylic acids is 2. The van der Waals surface area contributed by atoms with Gasteiger partial charge in [-0.25, -0.2) is 9.48 Å². The molecule has 0 aliphatic heterocycles. The minimum absolute atomic E-state index is 0.0532. The Hall–Kier alpha value is -3.41. The Bertz CT molecular complexity index is 1040. The van der Waals surface area contributed by atoms with E-state index in [0.717, 1.165) is 24.9 Å². The highest BCUT2D eigenvalue weighted by Gasteiger charge is 2.21. The molecule has 0 bridgehead atoms. The lowest BCUT2D eigenvalue weighted by atomic mass is 10.0. The maximum Gasteiger partial charge on any atom is 0.362 e. The molecule has 0 N–H and O–H groups in total. The highest BCUT2D eigenvalue weighted by molar-refractivity contribution is 5.98. The summed E-state index contributed by atoms with van der Waals surface area (Å²) in [6.07, 6.45) is 4.80. The number of hydrogen-bond donors (Lipinski definition) is 0. The Kier molecular flexibility index (Phi) is 5.42. The van der Waals surface area contributed by atoms with Crippen molar-refractivity contribution in [1.82, 2.24) is 9.78 Å². The van der Waals surface area contributed by atoms with Crippen molar-refractivity contribution >= 4 is 11.8 Å². The molecule has 1 aliphatic rings. The number of para-hydroxylation sites is 1. The van der Waals surface area contributed by atoms with E-state index in [1.165, 1.54) is 11.1 Å². The lowest BCUT2D eigenvalue weighted by Gasteiger charge is -2.07. The van der Waals surface area contributed by atoms with Crippen LogP contribution in [0.25, 0.3) is 5.69 Å². The molecular weight excluding hydrogens is 368 g/mol. The van der Waals surface area contributed by atoms with Gasteiger partial charge in [0.1, 0.15) is 0 Å². The van der Waals surface area contributed by atoms with Crippen molar-refractivity contribution in [3.8, 4) is 11.4 Å². The van der Waals surface area contributed by atoms with Crippen LogP contribution in [0.3, 0.4) is 0 Å². The van der Waals surface area contributed by atoms with E-state index in [1.54, 1.807) is 17.8 Å². The molecule has 0 radical (unpaired) electrons. The van der Waals surface area contributed by atoms with Gasteiger partial charge in [-0.1, -0.05) is 30.3 Å². The van der Waals surface area contributed by atoms with Crippen molar-refractivity contribution in [3.05, 3.63) is 77.1 Å². The van der Waals surface area contributed by atoms with Crippen LogP contribution < -0.4 is 4.74 Å². The molecule has 148 valence electrons. The van der Waals surface area contributed by atoms with Gasteiger partial charge in [0.05, 0.1) is 18.5 Å². The van der Waals surface area contributed by atoms with E-state index in [1.807, 2.05) is 48.5 Å². The molecule has 0 fully saturated rings. The summed E-state index contributed by atoms with van der Waals surface area (Å²) in [6.45, 7) is 1.78. The Morgan fingerprint density at radius 3 is 2.66 bits per heavy atom. The number of ether oxygens (including phenoxy) is 2. The fourth-order valence-electron chi connectivity index (χ4n) is 3.49. The molecule has 0 atom stereocenters. The molecule has 4 rings (SSSR count). The van der Waals surface area contributed by atoms with E-state index >= 15 is 0 Å². The third-order valence-electron chi connectivity index (χ3n) is 4.95. The van der Waals surface area contributed by atoms with Crippen LogP contribution in [0.4, 0.5) is 0 Å². The van der Waals surface area contributed by atoms with Crippen LogP contribution in [0, 0.1) is 0 Å². The predicted molar refractivity (Wildman–Crippen MR) is 108 cm³/mol. The number of esters is 1. The zero-order valence-corrected chi connectivity index (χ0v) is 16.3. The Balaban J connectivity index is 1.54. The van der Waals surface area contributed by atoms with E-state index in [-0.39, 0.29) is 30.4 Å². The Morgan fingerprint density at radius 1 is 1.07 bits per heavy atom. The number of carbonyl (C=O) groups is 2. The van der Waals surface area contributed by atoms with E-state index < -0.39 is 5.97 Å². The molecule has 0 amide bonds. The summed E-state index contributed by atoms with van der Waals surface area (Å²) in [5, 5.41) is 4.30. The summed E-state index contributed by atoms with van der Waals surface area (Å²) in [5.41, 5.74) is 4.00. The van der Waals surface area contributed by atoms with Gasteiger partial charge in [-0.3, -0.25) is 4.79 Å². The number of aromatic nitrogens is 2. The quantitative estimate of drug-likeness (QED) is 0.453. The van der Waals surface area contributed by atoms with Gasteiger partial charge in [-0.15, -0.1) is 0 Å². The van der Waals surface area contributed by atoms with Crippen LogP contribution in [0.5, 0.6) is 5.75 Å². The summed E-state index contributed by atoms with van der Waals surface area (Å²) >= 11 is 0. The second-order valence-electron chi connectivity index (χ2n) is 6.89. The van der Waals surface area contributed by atoms with Crippen molar-refractivity contribution in [2.75, 3.05) is 13.2 Å². The van der Waals surface area contributed by atoms with E-state index in [4.69, 9.17) is 9.47 Å². The van der Waals surface area contributed by atoms with E-state index in [0.29, 0.717) is 5.56 Å². The monoisotopic (exact) mass is 390 g/mol. The lowest BCUT2D eigenvalue weighted by molar-refractivity contribution is 0.0513. The normalized spacial score (nSPS) is 12.4. The number of nitrogens with zero attached hydrogens (tertiary/aromatic N) is 2. The van der Waals surface area contributed by atoms with Crippen molar-refractivity contribution in [2.24, 2.45) is 0 Å². The number of Topliss-reactive ketones (excluding diaryl/α,β-unsaturated/α-hetero) is 1. The van der Waals surface area contributed by atoms with Crippen molar-refractivity contribution in [2.45, 2.75) is 26.2 Å². The number of benzene rings is 2. The Morgan fingerprint density at radius 2 is 1.86 bits per heavy atom. The van der Waals surface area contributed by atoms with Gasteiger partial charge in [0.2, 0.25) is 5.69 Å². The van der Waals surface area contributed by atoms with Gasteiger partial charge in [-0.2, -0.15) is 5.10 Å². The summed E-state index contributed by atoms with van der Waals surface area (Å²) < 4.78 is 12.3. The Labute approximate surface area is 169 Å². The van der Waals surface area contributed by atoms with Gasteiger partial charge in [-0.05, 0) is 55.5 Å². The molecule has 1 aliphatic carbocycles. The summed E-state index contributed by atoms with van der Waals surface area (Å²) in [4.78, 5) is 24.9. The van der Waals surface area contributed by atoms with Crippen LogP contribution in [0.15, 0.2) is 54.7 Å². The van der Waals surface area contributed by atoms with E-state index in [9.17, 15) is 9.59 Å². The fourth-order valence-corrected chi connectivity index (χ4v) is 3.49. The maximum absolute atomic E-state index is 12.6. The first-order valence-electron chi connectivity index (χ1n) is 9.75. The van der Waals surface area contributed by atoms with Gasteiger partial charge in [0.15, 0.2) is 18.1 Å². The average Bonchev–Trinajstić information content (AvgIpc) is 3.39. The fraction of sp³-hybridized carbons (Fsp3) is 0.261. The standard InChI is InChI=1S/C23H22N2O4/c1-2-28-23(27)22-21(14-25(24-22)19-9-4-3-5-10-19)29-15-20(26)18-12-11-16-7-6-8-17(16)13-18/h3-5,9-14H,2,6-8,15H2,1H3. The minimum Gasteiger partial charge on any atom is -0.481 e. The molecule has 29 heavy (non-hydrogen) atoms. The summed E-state index contributed by atoms with van der Waals surface area (Å²) in [7, 11) is 0. The van der Waals surface area contributed by atoms with Crippen LogP contribution >= 0.6 is 0 Å². The molecule has 0 saturated heterocycles. The summed E-state index contributed by atoms with van der Waals surface area (Å²) in [5.74, 6) is -0.494. The van der Waals surface area contributed by atoms with Crippen LogP contribution in [0.2, 0.25) is 0 Å². The van der Waals surface area contributed by atoms with Gasteiger partial charge >= 0.3 is 5.97 Å². The van der Waals surface area contributed by atoms with Crippen molar-refractivity contribution < 1.29 is 19.1 Å². The number of ketones is 1. The molecule has 0 unspecified atom stereocenters. The molecule has 6 nitrogen and oxygen atoms in total. The molecule has 0 saturated carbocycles. The highest BCUT2D eigenvalue weighted by Crippen LogP contribution is 2.24. The lowest BCUT2D eigenvalue weighted by Crippen LogP contribution is -2.14. The molecular formula is C23H22N2O4. The zero-order valence-electron chi connectivity index (χ0n) is 16.3. The largest absolute Gasteiger partial charge is 0.481 e. The van der Waals surface area contributed by atoms with Gasteiger partial charge in [0, 0.05) is 5.56 Å². The average molecular weight is 390 g/mol. The summed E-state index contributed by atoms with van der Waals surface area (Å²) in [6, 6.07) is 15.2. The molecule has 2 aromatic carbocycles. The van der Waals surface area contributed by atoms with Gasteiger partial charge < -0.3 is 9.47 Å². The second kappa shape index (κ2) is 8.31. The SMILES string of the molecule is CCOC(=O)c1nn(-c2ccccc2)cc1OCC(=O)c1ccc2c(c1)CCC2. The number of fused-ring (bicyclic) bond motifs is 1. The van der Waals surface area contributed by atoms with Gasteiger partial charge in [0.25, 0.3) is 0 Å². The second-order valence-corrected chi connectivity index (χ2v) is 6.89. The number of aryl methyl sites for hydroxylation is 2. The third kappa shape index (κ3) is 4.06. The van der Waals surface area contributed by atoms with Crippen LogP contribution in [0.1, 0.15) is 45.3 Å². The molecule has 1 aromatic heterocycles. The first-order valence-corrected chi connectivity index (χ1v) is 9.75. The number of rotatable bonds is 7. The van der Waals surface area contributed by atoms with Crippen molar-refractivity contribution in [3.63, 3.8) is 0 Å². The molecule has 1 heterocycles. The first-order chi connectivity index (χ1) is 14.2. The molecule has 3 aromatic rings. The predicted octanol–water partition coefficient (Wildman–Crippen LogP) is 3.80. The minimum atomic E-state index is -0.581. The van der Waals surface area contributed by atoms with Crippen LogP contribution in [-0.2, 0) is 17.6 Å². The smallest absolute Gasteiger partial charge is 0.362 e.